The molecule has 0 aliphatic carbocycles. The Labute approximate surface area is 187 Å². The van der Waals surface area contributed by atoms with Gasteiger partial charge >= 0.3 is 0 Å². The molecule has 0 saturated heterocycles. The van der Waals surface area contributed by atoms with Crippen molar-refractivity contribution in [1.29, 1.82) is 0 Å². The number of carbonyl (C=O) groups excluding carboxylic acids is 1. The van der Waals surface area contributed by atoms with Crippen LogP contribution in [0.1, 0.15) is 31.4 Å². The summed E-state index contributed by atoms with van der Waals surface area (Å²) in [5.41, 5.74) is 2.95. The van der Waals surface area contributed by atoms with Gasteiger partial charge in [-0.1, -0.05) is 17.7 Å². The van der Waals surface area contributed by atoms with Crippen molar-refractivity contribution in [3.8, 4) is 11.5 Å². The molecule has 7 heteroatoms. The molecule has 0 aliphatic heterocycles. The number of rotatable bonds is 13. The summed E-state index contributed by atoms with van der Waals surface area (Å²) in [6.45, 7) is 9.39. The van der Waals surface area contributed by atoms with Crippen LogP contribution in [0.2, 0.25) is 0 Å². The highest BCUT2D eigenvalue weighted by Crippen LogP contribution is 2.37. The van der Waals surface area contributed by atoms with Gasteiger partial charge in [0.25, 0.3) is 5.91 Å². The molecule has 30 heavy (non-hydrogen) atoms. The fraction of sp³-hybridized carbons (Fsp3) is 0.435. The number of benzene rings is 2. The lowest BCUT2D eigenvalue weighted by Crippen LogP contribution is -2.20. The summed E-state index contributed by atoms with van der Waals surface area (Å²) in [5.74, 6) is 0.908. The topological polar surface area (TPSA) is 68.8 Å². The van der Waals surface area contributed by atoms with E-state index in [4.69, 9.17) is 14.2 Å². The van der Waals surface area contributed by atoms with E-state index < -0.39 is 0 Å². The average molecular weight is 479 g/mol. The predicted molar refractivity (Wildman–Crippen MR) is 123 cm³/mol. The number of anilines is 1. The summed E-state index contributed by atoms with van der Waals surface area (Å²) < 4.78 is 17.6. The van der Waals surface area contributed by atoms with Crippen LogP contribution in [-0.2, 0) is 16.1 Å². The highest BCUT2D eigenvalue weighted by molar-refractivity contribution is 9.10. The maximum absolute atomic E-state index is 12.3. The second-order valence-electron chi connectivity index (χ2n) is 6.77. The van der Waals surface area contributed by atoms with E-state index in [0.29, 0.717) is 24.7 Å². The first-order valence-corrected chi connectivity index (χ1v) is 11.1. The van der Waals surface area contributed by atoms with Crippen molar-refractivity contribution >= 4 is 27.5 Å². The number of nitrogens with one attached hydrogen (secondary N) is 2. The van der Waals surface area contributed by atoms with E-state index in [1.807, 2.05) is 57.2 Å². The van der Waals surface area contributed by atoms with E-state index in [1.165, 1.54) is 0 Å². The van der Waals surface area contributed by atoms with Crippen LogP contribution in [0.4, 0.5) is 5.69 Å². The largest absolute Gasteiger partial charge is 0.490 e. The standard InChI is InChI=1S/C23H31BrN2O4/c1-4-28-12-6-11-25-15-18-13-20(24)23(21(14-18)29-5-2)30-16-22(27)26-19-9-7-17(3)8-10-19/h7-10,13-14,25H,4-6,11-12,15-16H2,1-3H3,(H,26,27). The number of amides is 1. The molecular weight excluding hydrogens is 448 g/mol. The van der Waals surface area contributed by atoms with Gasteiger partial charge in [0.2, 0.25) is 0 Å². The summed E-state index contributed by atoms with van der Waals surface area (Å²) in [6, 6.07) is 11.5. The second-order valence-corrected chi connectivity index (χ2v) is 7.62. The van der Waals surface area contributed by atoms with Crippen molar-refractivity contribution in [3.63, 3.8) is 0 Å². The van der Waals surface area contributed by atoms with Crippen LogP contribution in [-0.4, -0.2) is 38.9 Å². The van der Waals surface area contributed by atoms with Gasteiger partial charge in [-0.2, -0.15) is 0 Å². The van der Waals surface area contributed by atoms with Crippen molar-refractivity contribution in [1.82, 2.24) is 5.32 Å². The number of aryl methyl sites for hydroxylation is 1. The number of carbonyl (C=O) groups is 1. The van der Waals surface area contributed by atoms with Gasteiger partial charge in [-0.3, -0.25) is 4.79 Å². The lowest BCUT2D eigenvalue weighted by atomic mass is 10.2. The van der Waals surface area contributed by atoms with Gasteiger partial charge in [0.05, 0.1) is 11.1 Å². The van der Waals surface area contributed by atoms with Crippen LogP contribution in [0, 0.1) is 6.92 Å². The summed E-state index contributed by atoms with van der Waals surface area (Å²) in [7, 11) is 0. The molecule has 2 N–H and O–H groups in total. The Hall–Kier alpha value is -2.09. The maximum Gasteiger partial charge on any atom is 0.262 e. The van der Waals surface area contributed by atoms with Gasteiger partial charge < -0.3 is 24.8 Å². The highest BCUT2D eigenvalue weighted by Gasteiger charge is 2.14. The molecule has 6 nitrogen and oxygen atoms in total. The lowest BCUT2D eigenvalue weighted by Gasteiger charge is -2.16. The molecule has 0 bridgehead atoms. The number of hydrogen-bond acceptors (Lipinski definition) is 5. The molecular formula is C23H31BrN2O4. The van der Waals surface area contributed by atoms with E-state index in [2.05, 4.69) is 26.6 Å². The van der Waals surface area contributed by atoms with Crippen molar-refractivity contribution in [2.45, 2.75) is 33.7 Å². The molecule has 0 atom stereocenters. The van der Waals surface area contributed by atoms with E-state index >= 15 is 0 Å². The molecule has 164 valence electrons. The first-order chi connectivity index (χ1) is 14.5. The smallest absolute Gasteiger partial charge is 0.262 e. The third-order valence-corrected chi connectivity index (χ3v) is 4.82. The first-order valence-electron chi connectivity index (χ1n) is 10.3. The Morgan fingerprint density at radius 3 is 2.53 bits per heavy atom. The monoisotopic (exact) mass is 478 g/mol. The molecule has 0 heterocycles. The summed E-state index contributed by atoms with van der Waals surface area (Å²) >= 11 is 3.55. The zero-order valence-corrected chi connectivity index (χ0v) is 19.5. The SMILES string of the molecule is CCOCCCNCc1cc(Br)c(OCC(=O)Nc2ccc(C)cc2)c(OCC)c1. The molecule has 2 rings (SSSR count). The minimum absolute atomic E-state index is 0.110. The van der Waals surface area contributed by atoms with Gasteiger partial charge in [-0.05, 0) is 79.5 Å². The Bertz CT molecular complexity index is 797. The maximum atomic E-state index is 12.3. The third-order valence-electron chi connectivity index (χ3n) is 4.23. The molecule has 0 saturated carbocycles. The summed E-state index contributed by atoms with van der Waals surface area (Å²) in [6.07, 6.45) is 0.963. The predicted octanol–water partition coefficient (Wildman–Crippen LogP) is 4.69. The van der Waals surface area contributed by atoms with Crippen molar-refractivity contribution < 1.29 is 19.0 Å². The molecule has 0 spiro atoms. The quantitative estimate of drug-likeness (QED) is 0.408. The van der Waals surface area contributed by atoms with Crippen LogP contribution >= 0.6 is 15.9 Å². The Balaban J connectivity index is 1.93. The Morgan fingerprint density at radius 1 is 1.07 bits per heavy atom. The Morgan fingerprint density at radius 2 is 1.83 bits per heavy atom. The van der Waals surface area contributed by atoms with Gasteiger partial charge in [0.1, 0.15) is 0 Å². The van der Waals surface area contributed by atoms with E-state index in [9.17, 15) is 4.79 Å². The number of hydrogen-bond donors (Lipinski definition) is 2. The molecule has 2 aromatic carbocycles. The van der Waals surface area contributed by atoms with Crippen LogP contribution in [0.5, 0.6) is 11.5 Å². The Kier molecular flexibility index (Phi) is 10.7. The molecule has 1 amide bonds. The average Bonchev–Trinajstić information content (AvgIpc) is 2.72. The van der Waals surface area contributed by atoms with Crippen molar-refractivity contribution in [2.24, 2.45) is 0 Å². The fourth-order valence-electron chi connectivity index (χ4n) is 2.77. The zero-order chi connectivity index (χ0) is 21.8. The van der Waals surface area contributed by atoms with Crippen molar-refractivity contribution in [3.05, 3.63) is 52.0 Å². The van der Waals surface area contributed by atoms with Gasteiger partial charge in [-0.15, -0.1) is 0 Å². The van der Waals surface area contributed by atoms with Gasteiger partial charge in [0, 0.05) is 25.4 Å². The normalized spacial score (nSPS) is 10.7. The minimum atomic E-state index is -0.228. The van der Waals surface area contributed by atoms with Crippen LogP contribution in [0.15, 0.2) is 40.9 Å². The van der Waals surface area contributed by atoms with Crippen LogP contribution in [0.25, 0.3) is 0 Å². The minimum Gasteiger partial charge on any atom is -0.490 e. The lowest BCUT2D eigenvalue weighted by molar-refractivity contribution is -0.118. The molecule has 0 aliphatic rings. The molecule has 0 unspecified atom stereocenters. The number of ether oxygens (including phenoxy) is 3. The first kappa shape index (κ1) is 24.2. The summed E-state index contributed by atoms with van der Waals surface area (Å²) in [5, 5.41) is 6.23. The zero-order valence-electron chi connectivity index (χ0n) is 17.9. The highest BCUT2D eigenvalue weighted by atomic mass is 79.9. The van der Waals surface area contributed by atoms with Crippen LogP contribution < -0.4 is 20.1 Å². The second kappa shape index (κ2) is 13.3. The molecule has 0 radical (unpaired) electrons. The van der Waals surface area contributed by atoms with E-state index in [-0.39, 0.29) is 12.5 Å². The molecule has 0 fully saturated rings. The van der Waals surface area contributed by atoms with E-state index in [0.717, 1.165) is 47.5 Å². The van der Waals surface area contributed by atoms with Gasteiger partial charge in [0.15, 0.2) is 18.1 Å². The molecule has 0 aromatic heterocycles. The van der Waals surface area contributed by atoms with Crippen LogP contribution in [0.3, 0.4) is 0 Å². The number of halogens is 1. The summed E-state index contributed by atoms with van der Waals surface area (Å²) in [4.78, 5) is 12.3. The third kappa shape index (κ3) is 8.34. The van der Waals surface area contributed by atoms with E-state index in [1.54, 1.807) is 0 Å². The molecule has 2 aromatic rings. The van der Waals surface area contributed by atoms with Gasteiger partial charge in [-0.25, -0.2) is 0 Å². The van der Waals surface area contributed by atoms with Crippen molar-refractivity contribution in [2.75, 3.05) is 38.3 Å². The fourth-order valence-corrected chi connectivity index (χ4v) is 3.38.